The first-order valence-corrected chi connectivity index (χ1v) is 20.6. The van der Waals surface area contributed by atoms with Crippen molar-refractivity contribution < 1.29 is 28.5 Å². The van der Waals surface area contributed by atoms with Crippen molar-refractivity contribution in [1.82, 2.24) is 30.9 Å². The van der Waals surface area contributed by atoms with Crippen LogP contribution in [0.25, 0.3) is 0 Å². The van der Waals surface area contributed by atoms with Crippen molar-refractivity contribution in [2.24, 2.45) is 11.8 Å². The number of aliphatic carboxylic acids is 1. The van der Waals surface area contributed by atoms with Gasteiger partial charge in [0.1, 0.15) is 5.60 Å². The fourth-order valence-electron chi connectivity index (χ4n) is 7.44. The minimum Gasteiger partial charge on any atom is -0.481 e. The summed E-state index contributed by atoms with van der Waals surface area (Å²) >= 11 is 0. The first-order chi connectivity index (χ1) is 25.1. The Bertz CT molecular complexity index is 1250. The predicted molar refractivity (Wildman–Crippen MR) is 202 cm³/mol. The molecule has 0 amide bonds. The van der Waals surface area contributed by atoms with Gasteiger partial charge in [-0.25, -0.2) is 0 Å². The van der Waals surface area contributed by atoms with Gasteiger partial charge in [-0.15, -0.1) is 0 Å². The molecule has 12 heteroatoms. The molecule has 2 fully saturated rings. The van der Waals surface area contributed by atoms with Gasteiger partial charge in [0, 0.05) is 11.8 Å². The fraction of sp³-hybridized carbons (Fsp3) is 0.850. The van der Waals surface area contributed by atoms with Crippen molar-refractivity contribution in [2.75, 3.05) is 13.1 Å². The summed E-state index contributed by atoms with van der Waals surface area (Å²) in [5.74, 6) is 2.75. The number of carbonyl (C=O) groups excluding carboxylic acids is 1. The van der Waals surface area contributed by atoms with Crippen molar-refractivity contribution >= 4 is 11.9 Å². The van der Waals surface area contributed by atoms with Crippen molar-refractivity contribution in [3.8, 4) is 0 Å². The lowest BCUT2D eigenvalue weighted by Crippen LogP contribution is -2.25. The Hall–Kier alpha value is -2.86. The average Bonchev–Trinajstić information content (AvgIpc) is 3.78. The van der Waals surface area contributed by atoms with Crippen LogP contribution in [-0.2, 0) is 27.4 Å². The van der Waals surface area contributed by atoms with Gasteiger partial charge in [-0.05, 0) is 71.4 Å². The zero-order chi connectivity index (χ0) is 37.6. The Kier molecular flexibility index (Phi) is 20.5. The van der Waals surface area contributed by atoms with E-state index in [2.05, 4.69) is 44.8 Å². The number of nitrogens with one attached hydrogen (secondary N) is 2. The summed E-state index contributed by atoms with van der Waals surface area (Å²) in [7, 11) is 0. The summed E-state index contributed by atoms with van der Waals surface area (Å²) in [4.78, 5) is 32.5. The van der Waals surface area contributed by atoms with E-state index in [-0.39, 0.29) is 24.2 Å². The first-order valence-electron chi connectivity index (χ1n) is 20.6. The fourth-order valence-corrected chi connectivity index (χ4v) is 7.44. The van der Waals surface area contributed by atoms with Gasteiger partial charge in [-0.1, -0.05) is 114 Å². The normalized spacial score (nSPS) is 16.9. The third-order valence-electron chi connectivity index (χ3n) is 10.1. The monoisotopic (exact) mass is 731 g/mol. The molecule has 3 N–H and O–H groups in total. The lowest BCUT2D eigenvalue weighted by molar-refractivity contribution is -0.155. The van der Waals surface area contributed by atoms with Crippen LogP contribution in [0.15, 0.2) is 9.05 Å². The van der Waals surface area contributed by atoms with E-state index < -0.39 is 11.6 Å². The van der Waals surface area contributed by atoms with E-state index in [1.807, 2.05) is 20.8 Å². The average molecular weight is 731 g/mol. The highest BCUT2D eigenvalue weighted by atomic mass is 16.6. The maximum atomic E-state index is 12.4. The molecule has 12 nitrogen and oxygen atoms in total. The summed E-state index contributed by atoms with van der Waals surface area (Å²) in [5.41, 5.74) is -0.478. The number of aromatic nitrogens is 4. The van der Waals surface area contributed by atoms with E-state index in [0.717, 1.165) is 63.5 Å². The third kappa shape index (κ3) is 18.3. The molecule has 0 bridgehead atoms. The van der Waals surface area contributed by atoms with Crippen LogP contribution in [0, 0.1) is 11.8 Å². The van der Waals surface area contributed by atoms with Crippen LogP contribution in [0.1, 0.15) is 198 Å². The molecule has 0 saturated heterocycles. The van der Waals surface area contributed by atoms with Gasteiger partial charge >= 0.3 is 11.9 Å². The number of hydrogen-bond acceptors (Lipinski definition) is 11. The standard InChI is InChI=1S/C22H39N3O3.C18H31N3O3/c1-5-14-23-16-19-24-21(28-25-19)18(15-20(26)27-22(2,3)4)13-9-12-17-10-7-6-8-11-17;1-2-11-19-13-16-20-18(24-21-16)15(12-17(22)23)10-6-9-14-7-4-3-5-8-14/h17-18,23H,5-16H2,1-4H3;14-15,19H,2-13H2,1H3,(H,22,23)/t18-;15-/m11/s1. The van der Waals surface area contributed by atoms with Crippen molar-refractivity contribution in [1.29, 1.82) is 0 Å². The molecule has 0 aliphatic heterocycles. The molecule has 4 rings (SSSR count). The third-order valence-corrected chi connectivity index (χ3v) is 10.1. The lowest BCUT2D eigenvalue weighted by atomic mass is 9.84. The van der Waals surface area contributed by atoms with E-state index in [9.17, 15) is 14.7 Å². The number of rotatable bonds is 22. The van der Waals surface area contributed by atoms with E-state index in [1.165, 1.54) is 77.0 Å². The predicted octanol–water partition coefficient (Wildman–Crippen LogP) is 9.01. The lowest BCUT2D eigenvalue weighted by Gasteiger charge is -2.23. The first kappa shape index (κ1) is 43.5. The maximum Gasteiger partial charge on any atom is 0.307 e. The minimum absolute atomic E-state index is 0.0640. The van der Waals surface area contributed by atoms with Crippen molar-refractivity contribution in [3.05, 3.63) is 23.4 Å². The molecule has 2 saturated carbocycles. The number of carboxylic acids is 1. The number of carbonyl (C=O) groups is 2. The number of hydrogen-bond donors (Lipinski definition) is 3. The molecule has 2 aliphatic rings. The molecule has 296 valence electrons. The van der Waals surface area contributed by atoms with Crippen LogP contribution in [0.5, 0.6) is 0 Å². The van der Waals surface area contributed by atoms with Crippen LogP contribution in [0.4, 0.5) is 0 Å². The van der Waals surface area contributed by atoms with Crippen LogP contribution in [-0.4, -0.2) is 56.0 Å². The number of nitrogens with zero attached hydrogens (tertiary/aromatic N) is 4. The molecule has 2 aromatic heterocycles. The molecule has 2 heterocycles. The quantitative estimate of drug-likeness (QED) is 0.0779. The van der Waals surface area contributed by atoms with Crippen LogP contribution < -0.4 is 10.6 Å². The molecule has 52 heavy (non-hydrogen) atoms. The van der Waals surface area contributed by atoms with Crippen LogP contribution in [0.3, 0.4) is 0 Å². The zero-order valence-electron chi connectivity index (χ0n) is 33.1. The molecule has 0 radical (unpaired) electrons. The SMILES string of the molecule is CCCNCc1noc([C@H](CCCC2CCCCC2)CC(=O)O)n1.CCCNCc1noc([C@H](CCCC2CCCCC2)CC(=O)OC(C)(C)C)n1. The highest BCUT2D eigenvalue weighted by Gasteiger charge is 2.27. The second-order valence-electron chi connectivity index (χ2n) is 16.1. The maximum absolute atomic E-state index is 12.4. The van der Waals surface area contributed by atoms with Gasteiger partial charge in [0.25, 0.3) is 0 Å². The summed E-state index contributed by atoms with van der Waals surface area (Å²) < 4.78 is 16.4. The zero-order valence-corrected chi connectivity index (χ0v) is 33.1. The van der Waals surface area contributed by atoms with Crippen molar-refractivity contribution in [3.63, 3.8) is 0 Å². The Labute approximate surface area is 312 Å². The Morgan fingerprint density at radius 2 is 1.19 bits per heavy atom. The summed E-state index contributed by atoms with van der Waals surface area (Å²) in [5, 5.41) is 23.7. The van der Waals surface area contributed by atoms with E-state index in [1.54, 1.807) is 0 Å². The van der Waals surface area contributed by atoms with Gasteiger partial charge in [-0.3, -0.25) is 9.59 Å². The van der Waals surface area contributed by atoms with Gasteiger partial charge < -0.3 is 29.5 Å². The van der Waals surface area contributed by atoms with Gasteiger partial charge in [0.05, 0.1) is 25.9 Å². The van der Waals surface area contributed by atoms with Gasteiger partial charge in [0.15, 0.2) is 11.6 Å². The van der Waals surface area contributed by atoms with Crippen LogP contribution in [0.2, 0.25) is 0 Å². The molecule has 0 unspecified atom stereocenters. The van der Waals surface area contributed by atoms with Gasteiger partial charge in [0.2, 0.25) is 11.8 Å². The Morgan fingerprint density at radius 3 is 1.60 bits per heavy atom. The summed E-state index contributed by atoms with van der Waals surface area (Å²) in [6.07, 6.45) is 22.3. The van der Waals surface area contributed by atoms with E-state index in [4.69, 9.17) is 13.8 Å². The molecule has 2 aromatic rings. The molecule has 0 spiro atoms. The Morgan fingerprint density at radius 1 is 0.750 bits per heavy atom. The van der Waals surface area contributed by atoms with E-state index in [0.29, 0.717) is 42.9 Å². The number of carboxylic acid groups (broad SMARTS) is 1. The summed E-state index contributed by atoms with van der Waals surface area (Å²) in [6.45, 7) is 12.9. The molecule has 2 atom stereocenters. The van der Waals surface area contributed by atoms with Crippen molar-refractivity contribution in [2.45, 2.75) is 194 Å². The number of esters is 1. The highest BCUT2D eigenvalue weighted by molar-refractivity contribution is 5.70. The number of ether oxygens (including phenoxy) is 1. The second kappa shape index (κ2) is 24.5. The topological polar surface area (TPSA) is 166 Å². The molecule has 0 aromatic carbocycles. The smallest absolute Gasteiger partial charge is 0.307 e. The highest BCUT2D eigenvalue weighted by Crippen LogP contribution is 2.33. The molecular weight excluding hydrogens is 660 g/mol. The molecule has 2 aliphatic carbocycles. The van der Waals surface area contributed by atoms with Gasteiger partial charge in [-0.2, -0.15) is 9.97 Å². The Balaban J connectivity index is 0.000000284. The second-order valence-corrected chi connectivity index (χ2v) is 16.1. The largest absolute Gasteiger partial charge is 0.481 e. The van der Waals surface area contributed by atoms with E-state index >= 15 is 0 Å². The summed E-state index contributed by atoms with van der Waals surface area (Å²) in [6, 6.07) is 0. The molecular formula is C40H70N6O6. The van der Waals surface area contributed by atoms with Crippen LogP contribution >= 0.6 is 0 Å². The minimum atomic E-state index is -0.804.